The van der Waals surface area contributed by atoms with Crippen molar-refractivity contribution >= 4 is 0 Å². The average molecular weight is 216 g/mol. The highest BCUT2D eigenvalue weighted by atomic mass is 16.6. The molecule has 0 aliphatic rings. The van der Waals surface area contributed by atoms with Gasteiger partial charge in [0.1, 0.15) is 0 Å². The molecule has 15 heavy (non-hydrogen) atoms. The molecule has 0 aromatic carbocycles. The van der Waals surface area contributed by atoms with Crippen molar-refractivity contribution in [2.45, 2.75) is 64.6 Å². The van der Waals surface area contributed by atoms with E-state index in [0.29, 0.717) is 13.0 Å². The normalized spacial score (nSPS) is 13.0. The number of hydrogen-bond donors (Lipinski definition) is 1. The third-order valence-electron chi connectivity index (χ3n) is 2.45. The molecule has 91 valence electrons. The zero-order valence-corrected chi connectivity index (χ0v) is 10.0. The van der Waals surface area contributed by atoms with E-state index in [4.69, 9.17) is 10.5 Å². The molecule has 1 atom stereocenters. The molecule has 1 unspecified atom stereocenters. The second-order valence-electron chi connectivity index (χ2n) is 4.00. The minimum absolute atomic E-state index is 0.616. The predicted molar refractivity (Wildman–Crippen MR) is 62.1 cm³/mol. The van der Waals surface area contributed by atoms with Crippen molar-refractivity contribution in [3.8, 4) is 0 Å². The summed E-state index contributed by atoms with van der Waals surface area (Å²) in [6.45, 7) is 3.52. The van der Waals surface area contributed by atoms with Gasteiger partial charge in [0.15, 0.2) is 6.29 Å². The van der Waals surface area contributed by atoms with E-state index in [-0.39, 0.29) is 0 Å². The maximum absolute atomic E-state index is 11.2. The predicted octanol–water partition coefficient (Wildman–Crippen LogP) is 2.86. The second-order valence-corrected chi connectivity index (χ2v) is 4.00. The molecule has 0 aliphatic carbocycles. The van der Waals surface area contributed by atoms with Crippen LogP contribution in [0, 0.1) is 0 Å². The summed E-state index contributed by atoms with van der Waals surface area (Å²) in [6, 6.07) is 0. The van der Waals surface area contributed by atoms with Crippen LogP contribution in [-0.2, 0) is 9.84 Å². The molecule has 0 aromatic heterocycles. The molecule has 0 aliphatic heterocycles. The Morgan fingerprint density at radius 2 is 1.80 bits per heavy atom. The lowest BCUT2D eigenvalue weighted by molar-refractivity contribution is -0.144. The Balaban J connectivity index is 3.06. The van der Waals surface area contributed by atoms with Gasteiger partial charge in [0.05, 0.1) is 0 Å². The van der Waals surface area contributed by atoms with Crippen molar-refractivity contribution < 1.29 is 9.84 Å². The van der Waals surface area contributed by atoms with Crippen LogP contribution in [0.3, 0.4) is 0 Å². The first-order valence-electron chi connectivity index (χ1n) is 6.28. The van der Waals surface area contributed by atoms with Crippen LogP contribution in [0.2, 0.25) is 0 Å². The van der Waals surface area contributed by atoms with Gasteiger partial charge in [-0.15, -0.1) is 0 Å². The summed E-state index contributed by atoms with van der Waals surface area (Å²) in [5, 5.41) is 11.2. The number of ether oxygens (including phenoxy) is 1. The van der Waals surface area contributed by atoms with Crippen LogP contribution < -0.4 is 5.73 Å². The van der Waals surface area contributed by atoms with Crippen molar-refractivity contribution in [1.82, 2.24) is 0 Å². The maximum atomic E-state index is 11.2. The van der Waals surface area contributed by atoms with Gasteiger partial charge >= 0.3 is 0 Å². The number of unbranched alkanes of at least 4 members (excludes halogenated alkanes) is 5. The van der Waals surface area contributed by atoms with E-state index in [1.165, 1.54) is 0 Å². The molecule has 0 saturated carbocycles. The second kappa shape index (κ2) is 12.0. The Morgan fingerprint density at radius 1 is 1.07 bits per heavy atom. The van der Waals surface area contributed by atoms with E-state index in [1.807, 2.05) is 0 Å². The van der Waals surface area contributed by atoms with Gasteiger partial charge in [0, 0.05) is 13.0 Å². The van der Waals surface area contributed by atoms with E-state index in [2.05, 4.69) is 6.92 Å². The molecule has 0 fully saturated rings. The first-order chi connectivity index (χ1) is 7.31. The molecular weight excluding hydrogens is 190 g/mol. The molecule has 0 amide bonds. The third kappa shape index (κ3) is 11.8. The first-order valence-corrected chi connectivity index (χ1v) is 6.28. The Hall–Kier alpha value is -0.120. The largest absolute Gasteiger partial charge is 0.350 e. The Kier molecular flexibility index (Phi) is 11.9. The first kappa shape index (κ1) is 14.9. The Labute approximate surface area is 94.0 Å². The van der Waals surface area contributed by atoms with E-state index in [1.54, 1.807) is 0 Å². The highest BCUT2D eigenvalue weighted by molar-refractivity contribution is 4.46. The van der Waals surface area contributed by atoms with Gasteiger partial charge in [-0.3, -0.25) is 0 Å². The molecule has 0 heterocycles. The van der Waals surface area contributed by atoms with E-state index in [9.17, 15) is 5.11 Å². The van der Waals surface area contributed by atoms with Crippen LogP contribution >= 0.6 is 0 Å². The van der Waals surface area contributed by atoms with Crippen molar-refractivity contribution in [2.75, 3.05) is 13.2 Å². The van der Waals surface area contributed by atoms with Crippen LogP contribution in [0.25, 0.3) is 0 Å². The van der Waals surface area contributed by atoms with E-state index in [0.717, 1.165) is 51.5 Å². The highest BCUT2D eigenvalue weighted by Gasteiger charge is 2.04. The maximum Gasteiger partial charge on any atom is 0.191 e. The minimum Gasteiger partial charge on any atom is -0.350 e. The van der Waals surface area contributed by atoms with Crippen LogP contribution in [0.15, 0.2) is 0 Å². The van der Waals surface area contributed by atoms with Crippen LogP contribution in [0.5, 0.6) is 0 Å². The molecule has 0 rings (SSSR count). The molecule has 3 nitrogen and oxygen atoms in total. The molecule has 0 spiro atoms. The smallest absolute Gasteiger partial charge is 0.191 e. The van der Waals surface area contributed by atoms with Crippen LogP contribution in [0.4, 0.5) is 0 Å². The lowest BCUT2D eigenvalue weighted by Crippen LogP contribution is -2.11. The molecular formula is C12H26NO2. The van der Waals surface area contributed by atoms with Crippen LogP contribution in [-0.4, -0.2) is 19.4 Å². The van der Waals surface area contributed by atoms with Gasteiger partial charge in [0.2, 0.25) is 0 Å². The summed E-state index contributed by atoms with van der Waals surface area (Å²) in [4.78, 5) is 0. The third-order valence-corrected chi connectivity index (χ3v) is 2.45. The fourth-order valence-corrected chi connectivity index (χ4v) is 1.46. The SMILES string of the molecule is CCCCCC([O])OCCCCCCN. The lowest BCUT2D eigenvalue weighted by atomic mass is 10.2. The fraction of sp³-hybridized carbons (Fsp3) is 1.00. The standard InChI is InChI=1S/C12H26NO2/c1-2-3-6-9-12(14)15-11-8-5-4-7-10-13/h12H,2-11,13H2,1H3. The molecule has 0 saturated heterocycles. The highest BCUT2D eigenvalue weighted by Crippen LogP contribution is 2.06. The molecule has 2 N–H and O–H groups in total. The topological polar surface area (TPSA) is 55.1 Å². The van der Waals surface area contributed by atoms with Gasteiger partial charge < -0.3 is 10.5 Å². The zero-order valence-electron chi connectivity index (χ0n) is 10.0. The minimum atomic E-state index is -0.800. The van der Waals surface area contributed by atoms with Crippen molar-refractivity contribution in [3.63, 3.8) is 0 Å². The molecule has 0 bridgehead atoms. The van der Waals surface area contributed by atoms with Crippen molar-refractivity contribution in [3.05, 3.63) is 0 Å². The van der Waals surface area contributed by atoms with Gasteiger partial charge in [-0.05, 0) is 25.8 Å². The average Bonchev–Trinajstić information content (AvgIpc) is 2.23. The lowest BCUT2D eigenvalue weighted by Gasteiger charge is -2.09. The van der Waals surface area contributed by atoms with Crippen molar-refractivity contribution in [2.24, 2.45) is 5.73 Å². The van der Waals surface area contributed by atoms with Crippen molar-refractivity contribution in [1.29, 1.82) is 0 Å². The Morgan fingerprint density at radius 3 is 2.47 bits per heavy atom. The quantitative estimate of drug-likeness (QED) is 0.426. The van der Waals surface area contributed by atoms with E-state index >= 15 is 0 Å². The number of nitrogens with two attached hydrogens (primary N) is 1. The zero-order chi connectivity index (χ0) is 11.4. The summed E-state index contributed by atoms with van der Waals surface area (Å²) in [6.07, 6.45) is 7.51. The monoisotopic (exact) mass is 216 g/mol. The van der Waals surface area contributed by atoms with Gasteiger partial charge in [-0.1, -0.05) is 32.6 Å². The fourth-order valence-electron chi connectivity index (χ4n) is 1.46. The number of rotatable bonds is 11. The molecule has 0 aromatic rings. The van der Waals surface area contributed by atoms with Crippen LogP contribution in [0.1, 0.15) is 58.3 Å². The summed E-state index contributed by atoms with van der Waals surface area (Å²) >= 11 is 0. The summed E-state index contributed by atoms with van der Waals surface area (Å²) in [5.74, 6) is 0. The Bertz CT molecular complexity index is 120. The van der Waals surface area contributed by atoms with Gasteiger partial charge in [-0.25, -0.2) is 5.11 Å². The summed E-state index contributed by atoms with van der Waals surface area (Å²) < 4.78 is 5.18. The van der Waals surface area contributed by atoms with E-state index < -0.39 is 6.29 Å². The molecule has 1 radical (unpaired) electrons. The van der Waals surface area contributed by atoms with Gasteiger partial charge in [0.25, 0.3) is 0 Å². The van der Waals surface area contributed by atoms with Gasteiger partial charge in [-0.2, -0.15) is 0 Å². The molecule has 3 heteroatoms. The number of hydrogen-bond acceptors (Lipinski definition) is 2. The summed E-state index contributed by atoms with van der Waals surface area (Å²) in [7, 11) is 0. The summed E-state index contributed by atoms with van der Waals surface area (Å²) in [5.41, 5.74) is 5.38.